The summed E-state index contributed by atoms with van der Waals surface area (Å²) in [6.45, 7) is 1.88. The van der Waals surface area contributed by atoms with E-state index < -0.39 is 15.9 Å². The van der Waals surface area contributed by atoms with Crippen molar-refractivity contribution in [3.05, 3.63) is 90.3 Å². The Labute approximate surface area is 190 Å². The molecule has 2 heterocycles. The van der Waals surface area contributed by atoms with E-state index in [0.717, 1.165) is 11.3 Å². The van der Waals surface area contributed by atoms with Crippen molar-refractivity contribution in [2.24, 2.45) is 0 Å². The fourth-order valence-corrected chi connectivity index (χ4v) is 5.73. The van der Waals surface area contributed by atoms with Gasteiger partial charge in [-0.2, -0.15) is 0 Å². The molecule has 1 aliphatic heterocycles. The van der Waals surface area contributed by atoms with Gasteiger partial charge in [0, 0.05) is 17.3 Å². The van der Waals surface area contributed by atoms with Gasteiger partial charge in [0.2, 0.25) is 0 Å². The molecule has 0 aliphatic carbocycles. The van der Waals surface area contributed by atoms with Gasteiger partial charge in [-0.25, -0.2) is 13.1 Å². The Morgan fingerprint density at radius 1 is 1.03 bits per heavy atom. The molecule has 4 aromatic rings. The van der Waals surface area contributed by atoms with Crippen LogP contribution >= 0.6 is 0 Å². The van der Waals surface area contributed by atoms with Crippen molar-refractivity contribution in [3.63, 3.8) is 0 Å². The minimum atomic E-state index is -3.83. The van der Waals surface area contributed by atoms with Gasteiger partial charge in [0.05, 0.1) is 16.3 Å². The molecule has 0 bridgehead atoms. The fourth-order valence-electron chi connectivity index (χ4n) is 4.00. The first-order valence-electron chi connectivity index (χ1n) is 10.3. The van der Waals surface area contributed by atoms with Gasteiger partial charge in [0.25, 0.3) is 15.9 Å². The molecular formula is C23H20N6O3S. The van der Waals surface area contributed by atoms with Crippen LogP contribution in [0, 0.1) is 0 Å². The van der Waals surface area contributed by atoms with Crippen LogP contribution in [0.4, 0.5) is 11.4 Å². The highest BCUT2D eigenvalue weighted by Crippen LogP contribution is 2.36. The van der Waals surface area contributed by atoms with Gasteiger partial charge in [0.1, 0.15) is 6.33 Å². The zero-order valence-electron chi connectivity index (χ0n) is 17.7. The number of hydrogen-bond acceptors (Lipinski definition) is 6. The van der Waals surface area contributed by atoms with Crippen molar-refractivity contribution in [2.45, 2.75) is 24.3 Å². The number of nitrogens with zero attached hydrogens (tertiary/aromatic N) is 5. The van der Waals surface area contributed by atoms with Crippen molar-refractivity contribution in [2.75, 3.05) is 9.62 Å². The lowest BCUT2D eigenvalue weighted by molar-refractivity contribution is 0.102. The Bertz CT molecular complexity index is 1420. The molecule has 1 atom stereocenters. The van der Waals surface area contributed by atoms with E-state index in [2.05, 4.69) is 20.8 Å². The van der Waals surface area contributed by atoms with Crippen LogP contribution in [0.15, 0.2) is 84.0 Å². The lowest BCUT2D eigenvalue weighted by Gasteiger charge is -2.24. The molecule has 5 rings (SSSR count). The molecule has 33 heavy (non-hydrogen) atoms. The Morgan fingerprint density at radius 2 is 1.82 bits per heavy atom. The second-order valence-electron chi connectivity index (χ2n) is 7.77. The zero-order chi connectivity index (χ0) is 23.0. The summed E-state index contributed by atoms with van der Waals surface area (Å²) in [6, 6.07) is 20.3. The maximum absolute atomic E-state index is 13.5. The van der Waals surface area contributed by atoms with E-state index in [0.29, 0.717) is 17.8 Å². The van der Waals surface area contributed by atoms with Crippen LogP contribution in [-0.2, 0) is 16.4 Å². The third kappa shape index (κ3) is 3.85. The van der Waals surface area contributed by atoms with Gasteiger partial charge in [-0.3, -0.25) is 9.10 Å². The van der Waals surface area contributed by atoms with Gasteiger partial charge < -0.3 is 5.32 Å². The summed E-state index contributed by atoms with van der Waals surface area (Å²) in [7, 11) is -3.83. The number of nitrogens with one attached hydrogen (secondary N) is 1. The predicted octanol–water partition coefficient (Wildman–Crippen LogP) is 3.05. The van der Waals surface area contributed by atoms with Crippen LogP contribution in [0.2, 0.25) is 0 Å². The van der Waals surface area contributed by atoms with Gasteiger partial charge in [-0.15, -0.1) is 5.10 Å². The number of amides is 1. The van der Waals surface area contributed by atoms with Crippen LogP contribution in [0.3, 0.4) is 0 Å². The third-order valence-corrected chi connectivity index (χ3v) is 7.46. The van der Waals surface area contributed by atoms with Gasteiger partial charge in [0.15, 0.2) is 0 Å². The lowest BCUT2D eigenvalue weighted by atomic mass is 10.1. The molecule has 1 aromatic heterocycles. The molecule has 0 saturated heterocycles. The third-order valence-electron chi connectivity index (χ3n) is 5.54. The first-order chi connectivity index (χ1) is 15.9. The smallest absolute Gasteiger partial charge is 0.264 e. The maximum atomic E-state index is 13.5. The summed E-state index contributed by atoms with van der Waals surface area (Å²) in [6.07, 6.45) is 2.12. The van der Waals surface area contributed by atoms with E-state index in [9.17, 15) is 13.2 Å². The molecule has 0 radical (unpaired) electrons. The van der Waals surface area contributed by atoms with Crippen molar-refractivity contribution >= 4 is 27.3 Å². The van der Waals surface area contributed by atoms with Crippen molar-refractivity contribution in [1.29, 1.82) is 0 Å². The number of para-hydroxylation sites is 1. The number of aromatic nitrogens is 4. The molecule has 0 fully saturated rings. The SMILES string of the molecule is C[C@@H]1Cc2ccccc2N1S(=O)(=O)c1cccc(C(=O)Nc2ccc(-n3cnnn3)cc2)c1. The minimum Gasteiger partial charge on any atom is -0.322 e. The number of rotatable bonds is 5. The van der Waals surface area contributed by atoms with Crippen LogP contribution in [0.25, 0.3) is 5.69 Å². The Kier molecular flexibility index (Phi) is 5.14. The molecule has 9 nitrogen and oxygen atoms in total. The Hall–Kier alpha value is -4.05. The molecular weight excluding hydrogens is 440 g/mol. The van der Waals surface area contributed by atoms with Crippen molar-refractivity contribution < 1.29 is 13.2 Å². The molecule has 1 N–H and O–H groups in total. The summed E-state index contributed by atoms with van der Waals surface area (Å²) in [5, 5.41) is 13.8. The van der Waals surface area contributed by atoms with Crippen LogP contribution in [0.5, 0.6) is 0 Å². The van der Waals surface area contributed by atoms with E-state index in [4.69, 9.17) is 0 Å². The molecule has 166 valence electrons. The van der Waals surface area contributed by atoms with Crippen LogP contribution in [-0.4, -0.2) is 40.6 Å². The standard InChI is InChI=1S/C23H20N6O3S/c1-16-13-17-5-2-3-8-22(17)29(16)33(31,32)21-7-4-6-18(14-21)23(30)25-19-9-11-20(12-10-19)28-15-24-26-27-28/h2-12,14-16H,13H2,1H3,(H,25,30)/t16-/m1/s1. The highest BCUT2D eigenvalue weighted by molar-refractivity contribution is 7.92. The van der Waals surface area contributed by atoms with E-state index in [1.807, 2.05) is 31.2 Å². The number of anilines is 2. The number of benzene rings is 3. The van der Waals surface area contributed by atoms with Gasteiger partial charge >= 0.3 is 0 Å². The highest BCUT2D eigenvalue weighted by atomic mass is 32.2. The van der Waals surface area contributed by atoms with Crippen LogP contribution < -0.4 is 9.62 Å². The van der Waals surface area contributed by atoms with Crippen molar-refractivity contribution in [3.8, 4) is 5.69 Å². The monoisotopic (exact) mass is 460 g/mol. The molecule has 1 amide bonds. The quantitative estimate of drug-likeness (QED) is 0.490. The predicted molar refractivity (Wildman–Crippen MR) is 123 cm³/mol. The van der Waals surface area contributed by atoms with E-state index >= 15 is 0 Å². The average Bonchev–Trinajstić information content (AvgIpc) is 3.47. The van der Waals surface area contributed by atoms with E-state index in [1.54, 1.807) is 36.4 Å². The largest absolute Gasteiger partial charge is 0.322 e. The van der Waals surface area contributed by atoms with Gasteiger partial charge in [-0.05, 0) is 77.9 Å². The topological polar surface area (TPSA) is 110 Å². The summed E-state index contributed by atoms with van der Waals surface area (Å²) in [5.41, 5.74) is 3.23. The highest BCUT2D eigenvalue weighted by Gasteiger charge is 2.36. The summed E-state index contributed by atoms with van der Waals surface area (Å²) in [4.78, 5) is 12.9. The maximum Gasteiger partial charge on any atom is 0.264 e. The number of carbonyl (C=O) groups excluding carboxylic acids is 1. The molecule has 1 aliphatic rings. The molecule has 0 spiro atoms. The Balaban J connectivity index is 1.38. The molecule has 0 saturated carbocycles. The second-order valence-corrected chi connectivity index (χ2v) is 9.58. The number of tetrazole rings is 1. The number of hydrogen-bond donors (Lipinski definition) is 1. The van der Waals surface area contributed by atoms with E-state index in [1.165, 1.54) is 27.4 Å². The van der Waals surface area contributed by atoms with Crippen molar-refractivity contribution in [1.82, 2.24) is 20.2 Å². The van der Waals surface area contributed by atoms with Gasteiger partial charge in [-0.1, -0.05) is 24.3 Å². The first kappa shape index (κ1) is 20.8. The number of fused-ring (bicyclic) bond motifs is 1. The summed E-state index contributed by atoms with van der Waals surface area (Å²) >= 11 is 0. The number of sulfonamides is 1. The lowest BCUT2D eigenvalue weighted by Crippen LogP contribution is -2.35. The first-order valence-corrected chi connectivity index (χ1v) is 11.7. The van der Waals surface area contributed by atoms with E-state index in [-0.39, 0.29) is 16.5 Å². The average molecular weight is 461 g/mol. The summed E-state index contributed by atoms with van der Waals surface area (Å²) < 4.78 is 29.9. The molecule has 0 unspecified atom stereocenters. The van der Waals surface area contributed by atoms with Crippen LogP contribution in [0.1, 0.15) is 22.8 Å². The zero-order valence-corrected chi connectivity index (χ0v) is 18.5. The fraction of sp³-hybridized carbons (Fsp3) is 0.130. The molecule has 3 aromatic carbocycles. The Morgan fingerprint density at radius 3 is 2.58 bits per heavy atom. The molecule has 10 heteroatoms. The second kappa shape index (κ2) is 8.14. The normalized spacial score (nSPS) is 15.3. The minimum absolute atomic E-state index is 0.0766. The summed E-state index contributed by atoms with van der Waals surface area (Å²) in [5.74, 6) is -0.405. The number of carbonyl (C=O) groups is 1.